The van der Waals surface area contributed by atoms with E-state index in [1.165, 1.54) is 11.0 Å². The Bertz CT molecular complexity index is 1050. The number of aliphatic hydroxyl groups is 1. The van der Waals surface area contributed by atoms with Crippen LogP contribution in [0.15, 0.2) is 16.7 Å². The first-order valence-electron chi connectivity index (χ1n) is 9.40. The maximum absolute atomic E-state index is 14.7. The molecule has 1 atom stereocenters. The average molecular weight is 520 g/mol. The highest BCUT2D eigenvalue weighted by Crippen LogP contribution is 2.41. The molecule has 2 aromatic rings. The Morgan fingerprint density at radius 2 is 2.16 bits per heavy atom. The van der Waals surface area contributed by atoms with E-state index in [1.807, 2.05) is 0 Å². The van der Waals surface area contributed by atoms with Crippen molar-refractivity contribution in [2.24, 2.45) is 0 Å². The van der Waals surface area contributed by atoms with Gasteiger partial charge in [0.25, 0.3) is 0 Å². The lowest BCUT2D eigenvalue weighted by molar-refractivity contribution is -0.384. The van der Waals surface area contributed by atoms with Crippen LogP contribution in [0.25, 0.3) is 10.9 Å². The lowest BCUT2D eigenvalue weighted by atomic mass is 10.1. The van der Waals surface area contributed by atoms with Gasteiger partial charge in [-0.1, -0.05) is 11.6 Å². The van der Waals surface area contributed by atoms with Crippen LogP contribution in [-0.4, -0.2) is 63.9 Å². The highest BCUT2D eigenvalue weighted by Gasteiger charge is 2.36. The minimum absolute atomic E-state index is 0.00224. The van der Waals surface area contributed by atoms with Crippen molar-refractivity contribution in [3.8, 4) is 0 Å². The lowest BCUT2D eigenvalue weighted by Gasteiger charge is -2.42. The normalized spacial score (nSPS) is 17.2. The fourth-order valence-corrected chi connectivity index (χ4v) is 3.95. The van der Waals surface area contributed by atoms with E-state index >= 15 is 0 Å². The summed E-state index contributed by atoms with van der Waals surface area (Å²) in [6.07, 6.45) is 0.438. The molecule has 0 radical (unpaired) electrons. The van der Waals surface area contributed by atoms with E-state index in [2.05, 4.69) is 20.9 Å². The first-order valence-corrected chi connectivity index (χ1v) is 10.6. The molecule has 1 amide bonds. The number of halogens is 3. The van der Waals surface area contributed by atoms with E-state index in [1.54, 1.807) is 25.7 Å². The van der Waals surface area contributed by atoms with Crippen molar-refractivity contribution in [1.29, 1.82) is 0 Å². The molecule has 2 heterocycles. The van der Waals surface area contributed by atoms with Crippen LogP contribution in [-0.2, 0) is 4.74 Å². The van der Waals surface area contributed by atoms with Crippen LogP contribution >= 0.6 is 27.5 Å². The first-order chi connectivity index (χ1) is 14.4. The smallest absolute Gasteiger partial charge is 0.410 e. The molecule has 0 spiro atoms. The lowest BCUT2D eigenvalue weighted by Crippen LogP contribution is -2.57. The molecule has 31 heavy (non-hydrogen) atoms. The number of pyridine rings is 1. The van der Waals surface area contributed by atoms with E-state index < -0.39 is 35.1 Å². The van der Waals surface area contributed by atoms with Gasteiger partial charge in [-0.05, 0) is 42.8 Å². The van der Waals surface area contributed by atoms with Crippen LogP contribution < -0.4 is 4.90 Å². The number of nitro groups is 1. The van der Waals surface area contributed by atoms with Crippen LogP contribution in [0, 0.1) is 15.9 Å². The van der Waals surface area contributed by atoms with Crippen LogP contribution in [0.3, 0.4) is 0 Å². The quantitative estimate of drug-likeness (QED) is 0.369. The second kappa shape index (κ2) is 8.71. The molecule has 1 aliphatic rings. The summed E-state index contributed by atoms with van der Waals surface area (Å²) in [5, 5.41) is 21.9. The largest absolute Gasteiger partial charge is 0.444 e. The number of hydrogen-bond acceptors (Lipinski definition) is 7. The van der Waals surface area contributed by atoms with Crippen molar-refractivity contribution in [1.82, 2.24) is 9.88 Å². The molecule has 1 aromatic carbocycles. The summed E-state index contributed by atoms with van der Waals surface area (Å²) in [7, 11) is 0. The maximum atomic E-state index is 14.7. The predicted octanol–water partition coefficient (Wildman–Crippen LogP) is 4.12. The molecule has 0 aliphatic carbocycles. The molecule has 12 heteroatoms. The highest BCUT2D eigenvalue weighted by atomic mass is 79.9. The number of aromatic nitrogens is 1. The Morgan fingerprint density at radius 3 is 2.74 bits per heavy atom. The maximum Gasteiger partial charge on any atom is 0.410 e. The number of carbonyl (C=O) groups is 1. The number of ether oxygens (including phenoxy) is 1. The number of piperazine rings is 1. The second-order valence-corrected chi connectivity index (χ2v) is 9.29. The van der Waals surface area contributed by atoms with Crippen molar-refractivity contribution < 1.29 is 24.0 Å². The predicted molar refractivity (Wildman–Crippen MR) is 117 cm³/mol. The zero-order valence-corrected chi connectivity index (χ0v) is 19.4. The number of anilines is 1. The zero-order chi connectivity index (χ0) is 23.1. The van der Waals surface area contributed by atoms with Gasteiger partial charge in [-0.15, -0.1) is 0 Å². The number of fused-ring (bicyclic) bond motifs is 1. The summed E-state index contributed by atoms with van der Waals surface area (Å²) in [5.74, 6) is -0.744. The summed E-state index contributed by atoms with van der Waals surface area (Å²) in [6.45, 7) is 5.25. The van der Waals surface area contributed by atoms with Crippen molar-refractivity contribution in [2.45, 2.75) is 32.4 Å². The number of nitrogens with zero attached hydrogens (tertiary/aromatic N) is 4. The van der Waals surface area contributed by atoms with Gasteiger partial charge in [-0.3, -0.25) is 10.1 Å². The molecule has 1 unspecified atom stereocenters. The van der Waals surface area contributed by atoms with Gasteiger partial charge in [0, 0.05) is 25.0 Å². The van der Waals surface area contributed by atoms with Crippen molar-refractivity contribution in [3.63, 3.8) is 0 Å². The van der Waals surface area contributed by atoms with Crippen molar-refractivity contribution >= 4 is 55.9 Å². The molecule has 3 rings (SSSR count). The minimum atomic E-state index is -0.744. The number of rotatable bonds is 3. The molecule has 1 saturated heterocycles. The van der Waals surface area contributed by atoms with E-state index in [0.717, 1.165) is 6.20 Å². The molecule has 1 fully saturated rings. The fourth-order valence-electron chi connectivity index (χ4n) is 3.45. The third kappa shape index (κ3) is 4.68. The van der Waals surface area contributed by atoms with Crippen molar-refractivity contribution in [2.75, 3.05) is 31.1 Å². The van der Waals surface area contributed by atoms with Crippen molar-refractivity contribution in [3.05, 3.63) is 37.7 Å². The third-order valence-electron chi connectivity index (χ3n) is 4.78. The number of carbonyl (C=O) groups excluding carboxylic acids is 1. The summed E-state index contributed by atoms with van der Waals surface area (Å²) >= 11 is 9.16. The molecule has 1 aliphatic heterocycles. The number of amides is 1. The van der Waals surface area contributed by atoms with E-state index in [4.69, 9.17) is 16.3 Å². The number of hydrogen-bond donors (Lipinski definition) is 1. The summed E-state index contributed by atoms with van der Waals surface area (Å²) in [5.41, 5.74) is -1.05. The zero-order valence-electron chi connectivity index (χ0n) is 17.1. The van der Waals surface area contributed by atoms with E-state index in [-0.39, 0.29) is 51.4 Å². The van der Waals surface area contributed by atoms with Gasteiger partial charge in [-0.25, -0.2) is 14.2 Å². The Morgan fingerprint density at radius 1 is 1.48 bits per heavy atom. The van der Waals surface area contributed by atoms with E-state index in [9.17, 15) is 24.4 Å². The van der Waals surface area contributed by atoms with Gasteiger partial charge < -0.3 is 19.6 Å². The Labute approximate surface area is 191 Å². The van der Waals surface area contributed by atoms with Crippen LogP contribution in [0.4, 0.5) is 20.6 Å². The number of aliphatic hydroxyl groups excluding tert-OH is 1. The Kier molecular flexibility index (Phi) is 6.59. The molecule has 0 bridgehead atoms. The monoisotopic (exact) mass is 518 g/mol. The summed E-state index contributed by atoms with van der Waals surface area (Å²) in [4.78, 5) is 30.5. The Hall–Kier alpha value is -2.24. The molecule has 0 saturated carbocycles. The van der Waals surface area contributed by atoms with Gasteiger partial charge >= 0.3 is 11.8 Å². The van der Waals surface area contributed by atoms with Crippen LogP contribution in [0.1, 0.15) is 20.8 Å². The summed E-state index contributed by atoms with van der Waals surface area (Å²) in [6, 6.07) is 0.713. The van der Waals surface area contributed by atoms with Gasteiger partial charge in [-0.2, -0.15) is 0 Å². The molecule has 9 nitrogen and oxygen atoms in total. The highest BCUT2D eigenvalue weighted by molar-refractivity contribution is 9.10. The topological polar surface area (TPSA) is 109 Å². The van der Waals surface area contributed by atoms with Crippen LogP contribution in [0.2, 0.25) is 5.02 Å². The molecule has 1 N–H and O–H groups in total. The van der Waals surface area contributed by atoms with Gasteiger partial charge in [0.15, 0.2) is 5.82 Å². The fraction of sp³-hybridized carbons (Fsp3) is 0.474. The molecule has 1 aromatic heterocycles. The van der Waals surface area contributed by atoms with E-state index in [0.29, 0.717) is 0 Å². The standard InChI is InChI=1S/C19H21BrClFN4O5/c1-19(2,3)31-18(28)24-4-5-25(10(8-24)9-27)17-11-6-12(21)14(20)15(22)16(11)23-7-13(17)26(29)30/h6-7,10,27H,4-5,8-9H2,1-3H3. The van der Waals surface area contributed by atoms with Gasteiger partial charge in [0.1, 0.15) is 23.0 Å². The molecule has 168 valence electrons. The SMILES string of the molecule is CC(C)(C)OC(=O)N1CCN(c2c([N+](=O)[O-])cnc3c(F)c(Br)c(Cl)cc23)C(CO)C1. The minimum Gasteiger partial charge on any atom is -0.444 e. The average Bonchev–Trinajstić information content (AvgIpc) is 2.69. The van der Waals surface area contributed by atoms with Gasteiger partial charge in [0.05, 0.1) is 27.1 Å². The first kappa shape index (κ1) is 23.4. The number of benzene rings is 1. The molecular formula is C19H21BrClFN4O5. The summed E-state index contributed by atoms with van der Waals surface area (Å²) < 4.78 is 20.1. The molecular weight excluding hydrogens is 499 g/mol. The van der Waals surface area contributed by atoms with Crippen LogP contribution in [0.5, 0.6) is 0 Å². The Balaban J connectivity index is 2.07. The third-order valence-corrected chi connectivity index (χ3v) is 6.08. The van der Waals surface area contributed by atoms with Gasteiger partial charge in [0.2, 0.25) is 0 Å². The second-order valence-electron chi connectivity index (χ2n) is 8.09.